The predicted molar refractivity (Wildman–Crippen MR) is 57.1 cm³/mol. The monoisotopic (exact) mass is 241 g/mol. The van der Waals surface area contributed by atoms with Gasteiger partial charge in [0.2, 0.25) is 0 Å². The van der Waals surface area contributed by atoms with Crippen molar-refractivity contribution in [1.29, 1.82) is 0 Å². The first-order valence-electron chi connectivity index (χ1n) is 4.24. The Balaban J connectivity index is 2.28. The third-order valence-electron chi connectivity index (χ3n) is 1.76. The average molecular weight is 242 g/mol. The van der Waals surface area contributed by atoms with E-state index >= 15 is 0 Å². The molecule has 0 aliphatic carbocycles. The summed E-state index contributed by atoms with van der Waals surface area (Å²) in [6, 6.07) is 0. The summed E-state index contributed by atoms with van der Waals surface area (Å²) in [6.07, 6.45) is 3.02. The normalized spacial score (nSPS) is 10.6. The van der Waals surface area contributed by atoms with Crippen LogP contribution in [0.1, 0.15) is 11.3 Å². The summed E-state index contributed by atoms with van der Waals surface area (Å²) >= 11 is 7.21. The quantitative estimate of drug-likeness (QED) is 0.757. The maximum atomic E-state index is 5.87. The maximum absolute atomic E-state index is 5.87. The number of oxazole rings is 1. The standard InChI is InChI=1S/C9H8ClN3OS/c1-5-3-14-9(13-5)15-8-6(2)7(10)11-4-12-8/h3-4H,1-2H3. The van der Waals surface area contributed by atoms with Crippen LogP contribution in [0.3, 0.4) is 0 Å². The minimum Gasteiger partial charge on any atom is -0.439 e. The van der Waals surface area contributed by atoms with Gasteiger partial charge in [-0.2, -0.15) is 0 Å². The smallest absolute Gasteiger partial charge is 0.262 e. The Morgan fingerprint density at radius 1 is 1.33 bits per heavy atom. The molecule has 0 aliphatic heterocycles. The Morgan fingerprint density at radius 2 is 2.13 bits per heavy atom. The van der Waals surface area contributed by atoms with Crippen LogP contribution in [0.4, 0.5) is 0 Å². The number of nitrogens with zero attached hydrogens (tertiary/aromatic N) is 3. The lowest BCUT2D eigenvalue weighted by atomic mass is 10.4. The lowest BCUT2D eigenvalue weighted by Gasteiger charge is -2.01. The molecule has 0 fully saturated rings. The molecule has 6 heteroatoms. The highest BCUT2D eigenvalue weighted by Gasteiger charge is 2.10. The Kier molecular flexibility index (Phi) is 2.93. The van der Waals surface area contributed by atoms with Gasteiger partial charge in [0.25, 0.3) is 5.22 Å². The van der Waals surface area contributed by atoms with Gasteiger partial charge in [-0.15, -0.1) is 0 Å². The van der Waals surface area contributed by atoms with Crippen molar-refractivity contribution in [2.75, 3.05) is 0 Å². The van der Waals surface area contributed by atoms with E-state index in [-0.39, 0.29) is 0 Å². The number of hydrogen-bond donors (Lipinski definition) is 0. The van der Waals surface area contributed by atoms with Gasteiger partial charge in [-0.05, 0) is 25.6 Å². The van der Waals surface area contributed by atoms with Crippen LogP contribution in [-0.4, -0.2) is 15.0 Å². The number of rotatable bonds is 2. The van der Waals surface area contributed by atoms with Gasteiger partial charge in [-0.1, -0.05) is 11.6 Å². The minimum atomic E-state index is 0.454. The summed E-state index contributed by atoms with van der Waals surface area (Å²) in [4.78, 5) is 12.2. The van der Waals surface area contributed by atoms with Gasteiger partial charge in [0, 0.05) is 5.56 Å². The van der Waals surface area contributed by atoms with E-state index in [2.05, 4.69) is 15.0 Å². The molecular formula is C9H8ClN3OS. The van der Waals surface area contributed by atoms with Crippen LogP contribution in [0.5, 0.6) is 0 Å². The molecule has 0 amide bonds. The third kappa shape index (κ3) is 2.30. The molecule has 2 heterocycles. The summed E-state index contributed by atoms with van der Waals surface area (Å²) < 4.78 is 5.21. The first-order valence-corrected chi connectivity index (χ1v) is 5.43. The first kappa shape index (κ1) is 10.4. The lowest BCUT2D eigenvalue weighted by Crippen LogP contribution is -1.89. The molecule has 4 nitrogen and oxygen atoms in total. The van der Waals surface area contributed by atoms with E-state index in [9.17, 15) is 0 Å². The number of halogens is 1. The maximum Gasteiger partial charge on any atom is 0.262 e. The van der Waals surface area contributed by atoms with Crippen molar-refractivity contribution in [1.82, 2.24) is 15.0 Å². The lowest BCUT2D eigenvalue weighted by molar-refractivity contribution is 0.453. The van der Waals surface area contributed by atoms with Crippen LogP contribution in [-0.2, 0) is 0 Å². The molecule has 0 unspecified atom stereocenters. The van der Waals surface area contributed by atoms with Crippen molar-refractivity contribution in [2.24, 2.45) is 0 Å². The van der Waals surface area contributed by atoms with Crippen molar-refractivity contribution in [3.63, 3.8) is 0 Å². The van der Waals surface area contributed by atoms with E-state index in [1.165, 1.54) is 18.1 Å². The molecule has 0 saturated carbocycles. The minimum absolute atomic E-state index is 0.454. The summed E-state index contributed by atoms with van der Waals surface area (Å²) in [5, 5.41) is 1.78. The van der Waals surface area contributed by atoms with E-state index in [1.54, 1.807) is 6.26 Å². The highest BCUT2D eigenvalue weighted by molar-refractivity contribution is 7.99. The number of aryl methyl sites for hydroxylation is 1. The zero-order valence-electron chi connectivity index (χ0n) is 8.19. The van der Waals surface area contributed by atoms with Gasteiger partial charge in [0.15, 0.2) is 0 Å². The van der Waals surface area contributed by atoms with Crippen molar-refractivity contribution in [2.45, 2.75) is 24.1 Å². The molecular weight excluding hydrogens is 234 g/mol. The second-order valence-electron chi connectivity index (χ2n) is 2.95. The molecule has 0 N–H and O–H groups in total. The fraction of sp³-hybridized carbons (Fsp3) is 0.222. The molecule has 78 valence electrons. The average Bonchev–Trinajstić information content (AvgIpc) is 2.59. The SMILES string of the molecule is Cc1coc(Sc2ncnc(Cl)c2C)n1. The fourth-order valence-electron chi connectivity index (χ4n) is 0.979. The van der Waals surface area contributed by atoms with E-state index in [0.717, 1.165) is 16.3 Å². The number of hydrogen-bond acceptors (Lipinski definition) is 5. The summed E-state index contributed by atoms with van der Waals surface area (Å²) in [5.41, 5.74) is 1.68. The van der Waals surface area contributed by atoms with Crippen LogP contribution in [0.15, 0.2) is 27.3 Å². The predicted octanol–water partition coefficient (Wildman–Crippen LogP) is 2.89. The Bertz CT molecular complexity index is 486. The van der Waals surface area contributed by atoms with Gasteiger partial charge >= 0.3 is 0 Å². The van der Waals surface area contributed by atoms with Crippen LogP contribution in [0, 0.1) is 13.8 Å². The van der Waals surface area contributed by atoms with Crippen LogP contribution in [0.2, 0.25) is 5.15 Å². The van der Waals surface area contributed by atoms with Gasteiger partial charge < -0.3 is 4.42 Å². The van der Waals surface area contributed by atoms with Crippen molar-refractivity contribution >= 4 is 23.4 Å². The Hall–Kier alpha value is -1.07. The molecule has 2 aromatic heterocycles. The van der Waals surface area contributed by atoms with Crippen LogP contribution >= 0.6 is 23.4 Å². The number of aromatic nitrogens is 3. The van der Waals surface area contributed by atoms with Gasteiger partial charge in [0.05, 0.1) is 5.69 Å². The first-order chi connectivity index (χ1) is 7.16. The van der Waals surface area contributed by atoms with E-state index in [0.29, 0.717) is 10.4 Å². The summed E-state index contributed by atoms with van der Waals surface area (Å²) in [7, 11) is 0. The van der Waals surface area contributed by atoms with Crippen LogP contribution in [0.25, 0.3) is 0 Å². The van der Waals surface area contributed by atoms with Crippen LogP contribution < -0.4 is 0 Å². The molecule has 15 heavy (non-hydrogen) atoms. The zero-order chi connectivity index (χ0) is 10.8. The topological polar surface area (TPSA) is 51.8 Å². The molecule has 0 aliphatic rings. The van der Waals surface area contributed by atoms with E-state index in [4.69, 9.17) is 16.0 Å². The molecule has 0 aromatic carbocycles. The summed E-state index contributed by atoms with van der Waals surface area (Å²) in [5.74, 6) is 0. The van der Waals surface area contributed by atoms with Gasteiger partial charge in [-0.3, -0.25) is 0 Å². The van der Waals surface area contributed by atoms with Crippen molar-refractivity contribution in [3.05, 3.63) is 29.0 Å². The zero-order valence-corrected chi connectivity index (χ0v) is 9.76. The highest BCUT2D eigenvalue weighted by Crippen LogP contribution is 2.29. The van der Waals surface area contributed by atoms with E-state index in [1.807, 2.05) is 13.8 Å². The van der Waals surface area contributed by atoms with E-state index < -0.39 is 0 Å². The van der Waals surface area contributed by atoms with Crippen molar-refractivity contribution < 1.29 is 4.42 Å². The molecule has 0 spiro atoms. The second kappa shape index (κ2) is 4.20. The molecule has 0 atom stereocenters. The van der Waals surface area contributed by atoms with Crippen molar-refractivity contribution in [3.8, 4) is 0 Å². The van der Waals surface area contributed by atoms with Gasteiger partial charge in [-0.25, -0.2) is 15.0 Å². The Labute approximate surface area is 96.1 Å². The summed E-state index contributed by atoms with van der Waals surface area (Å²) in [6.45, 7) is 3.73. The largest absolute Gasteiger partial charge is 0.439 e. The highest BCUT2D eigenvalue weighted by atomic mass is 35.5. The third-order valence-corrected chi connectivity index (χ3v) is 3.11. The molecule has 0 bridgehead atoms. The molecule has 0 radical (unpaired) electrons. The Morgan fingerprint density at radius 3 is 2.80 bits per heavy atom. The fourth-order valence-corrected chi connectivity index (χ4v) is 1.97. The second-order valence-corrected chi connectivity index (χ2v) is 4.25. The molecule has 0 saturated heterocycles. The van der Waals surface area contributed by atoms with Gasteiger partial charge in [0.1, 0.15) is 22.8 Å². The molecule has 2 aromatic rings. The molecule has 2 rings (SSSR count).